The maximum absolute atomic E-state index is 5.67. The molecule has 4 heteroatoms. The van der Waals surface area contributed by atoms with Crippen molar-refractivity contribution in [3.8, 4) is 0 Å². The molecule has 0 radical (unpaired) electrons. The second-order valence-electron chi connectivity index (χ2n) is 3.78. The lowest BCUT2D eigenvalue weighted by atomic mass is 10.3. The third kappa shape index (κ3) is 4.69. The van der Waals surface area contributed by atoms with Crippen LogP contribution in [0.1, 0.15) is 33.6 Å². The minimum absolute atomic E-state index is 0. The van der Waals surface area contributed by atoms with Crippen molar-refractivity contribution in [2.24, 2.45) is 16.6 Å². The van der Waals surface area contributed by atoms with E-state index in [1.165, 1.54) is 12.8 Å². The zero-order valence-electron chi connectivity index (χ0n) is 8.58. The summed E-state index contributed by atoms with van der Waals surface area (Å²) < 4.78 is 0. The molecule has 0 bridgehead atoms. The highest BCUT2D eigenvalue weighted by Gasteiger charge is 2.35. The molecule has 0 aromatic heterocycles. The van der Waals surface area contributed by atoms with Gasteiger partial charge in [0.2, 0.25) is 0 Å². The normalized spacial score (nSPS) is 26.9. The molecule has 1 saturated carbocycles. The minimum Gasteiger partial charge on any atom is -0.370 e. The lowest BCUT2D eigenvalue weighted by Gasteiger charge is -2.07. The topological polar surface area (TPSA) is 50.4 Å². The minimum atomic E-state index is 0. The highest BCUT2D eigenvalue weighted by molar-refractivity contribution is 14.0. The fraction of sp³-hybridized carbons (Fsp3) is 0.889. The molecule has 1 fully saturated rings. The molecule has 0 saturated heterocycles. The second kappa shape index (κ2) is 5.67. The average Bonchev–Trinajstić information content (AvgIpc) is 2.65. The number of nitrogens with one attached hydrogen (secondary N) is 1. The van der Waals surface area contributed by atoms with Crippen molar-refractivity contribution in [1.82, 2.24) is 5.32 Å². The van der Waals surface area contributed by atoms with Crippen LogP contribution in [-0.4, -0.2) is 18.0 Å². The standard InChI is InChI=1S/C9H19N3.HI/c1-4-7-5-8(7)12-9(10)11-6(2)3;/h6-8H,4-5H2,1-3H3,(H3,10,11,12);1H/t7-,8-;/m1./s1. The molecule has 0 amide bonds. The molecule has 0 spiro atoms. The quantitative estimate of drug-likeness (QED) is 0.473. The lowest BCUT2D eigenvalue weighted by molar-refractivity contribution is 0.713. The number of halogens is 1. The van der Waals surface area contributed by atoms with Crippen molar-refractivity contribution in [3.05, 3.63) is 0 Å². The largest absolute Gasteiger partial charge is 0.370 e. The summed E-state index contributed by atoms with van der Waals surface area (Å²) >= 11 is 0. The molecular weight excluding hydrogens is 277 g/mol. The summed E-state index contributed by atoms with van der Waals surface area (Å²) in [4.78, 5) is 4.36. The molecule has 3 N–H and O–H groups in total. The van der Waals surface area contributed by atoms with Gasteiger partial charge in [-0.1, -0.05) is 13.3 Å². The Bertz CT molecular complexity index is 180. The van der Waals surface area contributed by atoms with Gasteiger partial charge in [0.05, 0.1) is 6.04 Å². The van der Waals surface area contributed by atoms with Crippen LogP contribution in [0.2, 0.25) is 0 Å². The third-order valence-electron chi connectivity index (χ3n) is 2.15. The van der Waals surface area contributed by atoms with E-state index in [0.29, 0.717) is 18.0 Å². The van der Waals surface area contributed by atoms with Gasteiger partial charge in [0, 0.05) is 6.04 Å². The van der Waals surface area contributed by atoms with Gasteiger partial charge in [-0.2, -0.15) is 0 Å². The molecule has 1 aliphatic carbocycles. The zero-order chi connectivity index (χ0) is 9.14. The Morgan fingerprint density at radius 1 is 1.62 bits per heavy atom. The van der Waals surface area contributed by atoms with Gasteiger partial charge < -0.3 is 11.1 Å². The third-order valence-corrected chi connectivity index (χ3v) is 2.15. The van der Waals surface area contributed by atoms with Gasteiger partial charge in [0.15, 0.2) is 5.96 Å². The Labute approximate surface area is 97.6 Å². The molecule has 78 valence electrons. The van der Waals surface area contributed by atoms with E-state index < -0.39 is 0 Å². The van der Waals surface area contributed by atoms with E-state index in [-0.39, 0.29) is 24.0 Å². The second-order valence-corrected chi connectivity index (χ2v) is 3.78. The number of rotatable bonds is 3. The van der Waals surface area contributed by atoms with Crippen LogP contribution in [0.4, 0.5) is 0 Å². The number of guanidine groups is 1. The molecule has 3 nitrogen and oxygen atoms in total. The Kier molecular flexibility index (Phi) is 5.67. The molecular formula is C9H20IN3. The summed E-state index contributed by atoms with van der Waals surface area (Å²) in [6, 6.07) is 0.883. The van der Waals surface area contributed by atoms with Crippen molar-refractivity contribution < 1.29 is 0 Å². The molecule has 0 aliphatic heterocycles. The monoisotopic (exact) mass is 297 g/mol. The highest BCUT2D eigenvalue weighted by Crippen LogP contribution is 2.36. The fourth-order valence-corrected chi connectivity index (χ4v) is 1.34. The fourth-order valence-electron chi connectivity index (χ4n) is 1.34. The molecule has 2 atom stereocenters. The molecule has 13 heavy (non-hydrogen) atoms. The number of hydrogen-bond donors (Lipinski definition) is 2. The number of hydrogen-bond acceptors (Lipinski definition) is 1. The molecule has 1 rings (SSSR count). The molecule has 1 aliphatic rings. The van der Waals surface area contributed by atoms with Crippen molar-refractivity contribution >= 4 is 29.9 Å². The van der Waals surface area contributed by atoms with Gasteiger partial charge in [-0.15, -0.1) is 24.0 Å². The first-order chi connectivity index (χ1) is 5.63. The number of aliphatic imine (C=N–C) groups is 1. The summed E-state index contributed by atoms with van der Waals surface area (Å²) in [6.07, 6.45) is 2.44. The first-order valence-electron chi connectivity index (χ1n) is 4.73. The van der Waals surface area contributed by atoms with Gasteiger partial charge in [0.25, 0.3) is 0 Å². The van der Waals surface area contributed by atoms with Crippen LogP contribution < -0.4 is 11.1 Å². The maximum Gasteiger partial charge on any atom is 0.189 e. The summed E-state index contributed by atoms with van der Waals surface area (Å²) in [7, 11) is 0. The van der Waals surface area contributed by atoms with E-state index in [0.717, 1.165) is 5.92 Å². The van der Waals surface area contributed by atoms with Gasteiger partial charge in [-0.05, 0) is 26.2 Å². The van der Waals surface area contributed by atoms with Crippen molar-refractivity contribution in [2.45, 2.75) is 45.7 Å². The van der Waals surface area contributed by atoms with Crippen LogP contribution >= 0.6 is 24.0 Å². The maximum atomic E-state index is 5.67. The van der Waals surface area contributed by atoms with Crippen LogP contribution in [-0.2, 0) is 0 Å². The smallest absolute Gasteiger partial charge is 0.189 e. The van der Waals surface area contributed by atoms with Gasteiger partial charge in [-0.3, -0.25) is 0 Å². The van der Waals surface area contributed by atoms with Gasteiger partial charge in [0.1, 0.15) is 0 Å². The SMILES string of the molecule is CC[C@@H]1C[C@H]1N=C(N)NC(C)C.I. The van der Waals surface area contributed by atoms with Crippen LogP contribution in [0.3, 0.4) is 0 Å². The van der Waals surface area contributed by atoms with Crippen molar-refractivity contribution in [1.29, 1.82) is 0 Å². The predicted octanol–water partition coefficient (Wildman–Crippen LogP) is 1.72. The zero-order valence-corrected chi connectivity index (χ0v) is 10.9. The number of nitrogens with two attached hydrogens (primary N) is 1. The van der Waals surface area contributed by atoms with Crippen LogP contribution in [0.15, 0.2) is 4.99 Å². The highest BCUT2D eigenvalue weighted by atomic mass is 127. The van der Waals surface area contributed by atoms with E-state index >= 15 is 0 Å². The summed E-state index contributed by atoms with van der Waals surface area (Å²) in [5.74, 6) is 1.39. The average molecular weight is 297 g/mol. The van der Waals surface area contributed by atoms with Gasteiger partial charge in [-0.25, -0.2) is 4.99 Å². The van der Waals surface area contributed by atoms with Crippen molar-refractivity contribution in [3.63, 3.8) is 0 Å². The van der Waals surface area contributed by atoms with E-state index in [1.807, 2.05) is 0 Å². The van der Waals surface area contributed by atoms with Crippen LogP contribution in [0, 0.1) is 5.92 Å². The summed E-state index contributed by atoms with van der Waals surface area (Å²) in [6.45, 7) is 6.32. The molecule has 0 aromatic carbocycles. The lowest BCUT2D eigenvalue weighted by Crippen LogP contribution is -2.37. The van der Waals surface area contributed by atoms with Crippen LogP contribution in [0.25, 0.3) is 0 Å². The van der Waals surface area contributed by atoms with E-state index in [9.17, 15) is 0 Å². The van der Waals surface area contributed by atoms with E-state index in [2.05, 4.69) is 31.1 Å². The Morgan fingerprint density at radius 2 is 2.23 bits per heavy atom. The van der Waals surface area contributed by atoms with Gasteiger partial charge >= 0.3 is 0 Å². The Balaban J connectivity index is 0.00000144. The first kappa shape index (κ1) is 13.0. The van der Waals surface area contributed by atoms with Crippen LogP contribution in [0.5, 0.6) is 0 Å². The van der Waals surface area contributed by atoms with E-state index in [4.69, 9.17) is 5.73 Å². The molecule has 0 heterocycles. The number of nitrogens with zero attached hydrogens (tertiary/aromatic N) is 1. The summed E-state index contributed by atoms with van der Waals surface area (Å²) in [5, 5.41) is 3.09. The van der Waals surface area contributed by atoms with E-state index in [1.54, 1.807) is 0 Å². The molecule has 0 unspecified atom stereocenters. The predicted molar refractivity (Wildman–Crippen MR) is 67.5 cm³/mol. The Morgan fingerprint density at radius 3 is 2.62 bits per heavy atom. The Hall–Kier alpha value is 0. The molecule has 0 aromatic rings. The first-order valence-corrected chi connectivity index (χ1v) is 4.73. The summed E-state index contributed by atoms with van der Waals surface area (Å²) in [5.41, 5.74) is 5.67. The van der Waals surface area contributed by atoms with Crippen molar-refractivity contribution in [2.75, 3.05) is 0 Å².